The van der Waals surface area contributed by atoms with Gasteiger partial charge in [-0.25, -0.2) is 0 Å². The Labute approximate surface area is 273 Å². The topological polar surface area (TPSA) is 90.4 Å². The molecule has 0 radical (unpaired) electrons. The highest BCUT2D eigenvalue weighted by atomic mass is 16.5. The number of carbonyl (C=O) groups excluding carboxylic acids is 3. The van der Waals surface area contributed by atoms with Crippen LogP contribution in [0.3, 0.4) is 0 Å². The number of rotatable bonds is 13. The van der Waals surface area contributed by atoms with Crippen molar-refractivity contribution in [3.05, 3.63) is 90.5 Å². The Kier molecular flexibility index (Phi) is 9.62. The van der Waals surface area contributed by atoms with E-state index in [0.29, 0.717) is 32.4 Å². The minimum Gasteiger partial charge on any atom is -0.394 e. The molecule has 6 atom stereocenters. The summed E-state index contributed by atoms with van der Waals surface area (Å²) in [5.74, 6) is -2.52. The lowest BCUT2D eigenvalue weighted by Gasteiger charge is -2.41. The number of hydrogen-bond acceptors (Lipinski definition) is 5. The molecule has 246 valence electrons. The first-order valence-electron chi connectivity index (χ1n) is 16.6. The van der Waals surface area contributed by atoms with E-state index in [1.807, 2.05) is 83.1 Å². The average Bonchev–Trinajstić information content (AvgIpc) is 3.64. The van der Waals surface area contributed by atoms with Crippen molar-refractivity contribution in [2.75, 3.05) is 24.6 Å². The Morgan fingerprint density at radius 1 is 1.02 bits per heavy atom. The second kappa shape index (κ2) is 13.2. The molecular weight excluding hydrogens is 578 g/mol. The van der Waals surface area contributed by atoms with E-state index in [4.69, 9.17) is 4.74 Å². The SMILES string of the molecule is C=CCN(Cc1ccccc1)C(=O)[C@H]1[C@H]2C(=O)N([C@@H](CO)C(C)C)C(C(=O)N(CC=C)c3c(C)cccc3C)C23CC[C@]1(CC)O3. The van der Waals surface area contributed by atoms with Crippen LogP contribution in [0.1, 0.15) is 56.7 Å². The van der Waals surface area contributed by atoms with E-state index in [1.54, 1.807) is 26.9 Å². The van der Waals surface area contributed by atoms with Crippen molar-refractivity contribution in [3.8, 4) is 0 Å². The summed E-state index contributed by atoms with van der Waals surface area (Å²) in [4.78, 5) is 49.8. The number of aliphatic hydroxyl groups excluding tert-OH is 1. The van der Waals surface area contributed by atoms with Crippen molar-refractivity contribution >= 4 is 23.4 Å². The molecule has 5 rings (SSSR count). The third-order valence-corrected chi connectivity index (χ3v) is 10.6. The number of hydrogen-bond donors (Lipinski definition) is 1. The molecule has 3 heterocycles. The van der Waals surface area contributed by atoms with Gasteiger partial charge in [0, 0.05) is 25.3 Å². The van der Waals surface area contributed by atoms with E-state index in [1.165, 1.54) is 0 Å². The summed E-state index contributed by atoms with van der Waals surface area (Å²) in [5.41, 5.74) is 1.51. The number of fused-ring (bicyclic) bond motifs is 1. The maximum absolute atomic E-state index is 15.1. The molecule has 1 N–H and O–H groups in total. The van der Waals surface area contributed by atoms with Crippen molar-refractivity contribution in [2.45, 2.75) is 83.7 Å². The molecule has 3 aliphatic heterocycles. The van der Waals surface area contributed by atoms with E-state index in [9.17, 15) is 14.7 Å². The fourth-order valence-electron chi connectivity index (χ4n) is 8.48. The number of para-hydroxylation sites is 1. The summed E-state index contributed by atoms with van der Waals surface area (Å²) in [5, 5.41) is 10.7. The number of aryl methyl sites for hydroxylation is 2. The van der Waals surface area contributed by atoms with Crippen LogP contribution in [0.15, 0.2) is 73.8 Å². The normalized spacial score (nSPS) is 27.1. The summed E-state index contributed by atoms with van der Waals surface area (Å²) in [6.45, 7) is 18.3. The smallest absolute Gasteiger partial charge is 0.253 e. The molecule has 0 aliphatic carbocycles. The molecule has 8 heteroatoms. The second-order valence-electron chi connectivity index (χ2n) is 13.5. The number of benzene rings is 2. The fourth-order valence-corrected chi connectivity index (χ4v) is 8.48. The number of amides is 3. The van der Waals surface area contributed by atoms with Gasteiger partial charge in [-0.2, -0.15) is 0 Å². The van der Waals surface area contributed by atoms with E-state index in [-0.39, 0.29) is 36.8 Å². The molecule has 3 fully saturated rings. The molecule has 0 aromatic heterocycles. The predicted molar refractivity (Wildman–Crippen MR) is 180 cm³/mol. The Bertz CT molecular complexity index is 1470. The molecule has 0 saturated carbocycles. The summed E-state index contributed by atoms with van der Waals surface area (Å²) in [6, 6.07) is 14.0. The lowest BCUT2D eigenvalue weighted by Crippen LogP contribution is -2.60. The van der Waals surface area contributed by atoms with Crippen LogP contribution in [0.25, 0.3) is 0 Å². The van der Waals surface area contributed by atoms with Crippen molar-refractivity contribution in [2.24, 2.45) is 17.8 Å². The highest BCUT2D eigenvalue weighted by Gasteiger charge is 2.79. The standard InChI is InChI=1S/C38H49N3O5/c1-8-21-39(23-28-17-12-11-13-18-28)34(43)30-31-35(44)41(29(24-42)25(4)5)33(38(31)20-19-37(30,10-3)46-38)36(45)40(22-9-2)32-26(6)15-14-16-27(32)7/h8-9,11-18,25,29-31,33,42H,1-2,10,19-24H2,3-7H3/t29-,30+,31-,33?,37-,38?/m0/s1. The molecule has 2 aromatic carbocycles. The molecule has 3 saturated heterocycles. The predicted octanol–water partition coefficient (Wildman–Crippen LogP) is 5.21. The Morgan fingerprint density at radius 2 is 1.67 bits per heavy atom. The number of carbonyl (C=O) groups is 3. The van der Waals surface area contributed by atoms with Crippen molar-refractivity contribution in [3.63, 3.8) is 0 Å². The van der Waals surface area contributed by atoms with Gasteiger partial charge in [0.15, 0.2) is 0 Å². The zero-order valence-corrected chi connectivity index (χ0v) is 27.9. The van der Waals surface area contributed by atoms with E-state index >= 15 is 4.79 Å². The van der Waals surface area contributed by atoms with Crippen molar-refractivity contribution in [1.29, 1.82) is 0 Å². The fraction of sp³-hybridized carbons (Fsp3) is 0.500. The summed E-state index contributed by atoms with van der Waals surface area (Å²) in [7, 11) is 0. The lowest BCUT2D eigenvalue weighted by molar-refractivity contribution is -0.154. The first-order valence-corrected chi connectivity index (χ1v) is 16.6. The monoisotopic (exact) mass is 627 g/mol. The van der Waals surface area contributed by atoms with Crippen LogP contribution in [0.2, 0.25) is 0 Å². The largest absolute Gasteiger partial charge is 0.394 e. The zero-order chi connectivity index (χ0) is 33.4. The van der Waals surface area contributed by atoms with Gasteiger partial charge in [-0.3, -0.25) is 14.4 Å². The van der Waals surface area contributed by atoms with E-state index < -0.39 is 35.1 Å². The van der Waals surface area contributed by atoms with Gasteiger partial charge in [-0.05, 0) is 55.7 Å². The van der Waals surface area contributed by atoms with Gasteiger partial charge in [0.2, 0.25) is 11.8 Å². The molecule has 8 nitrogen and oxygen atoms in total. The van der Waals surface area contributed by atoms with Gasteiger partial charge in [-0.15, -0.1) is 13.2 Å². The van der Waals surface area contributed by atoms with E-state index in [2.05, 4.69) is 13.2 Å². The first kappa shape index (κ1) is 33.6. The molecule has 2 unspecified atom stereocenters. The number of anilines is 1. The van der Waals surface area contributed by atoms with Crippen molar-refractivity contribution < 1.29 is 24.2 Å². The van der Waals surface area contributed by atoms with Crippen LogP contribution >= 0.6 is 0 Å². The number of aliphatic hydroxyl groups is 1. The highest BCUT2D eigenvalue weighted by Crippen LogP contribution is 2.65. The minimum absolute atomic E-state index is 0.144. The van der Waals surface area contributed by atoms with Gasteiger partial charge in [0.25, 0.3) is 5.91 Å². The van der Waals surface area contributed by atoms with Crippen LogP contribution in [0.5, 0.6) is 0 Å². The quantitative estimate of drug-likeness (QED) is 0.308. The van der Waals surface area contributed by atoms with Gasteiger partial charge in [0.05, 0.1) is 30.1 Å². The molecule has 3 aliphatic rings. The maximum atomic E-state index is 15.1. The van der Waals surface area contributed by atoms with E-state index in [0.717, 1.165) is 22.4 Å². The molecule has 2 bridgehead atoms. The Balaban J connectivity index is 1.65. The molecular formula is C38H49N3O5. The first-order chi connectivity index (χ1) is 22.0. The third kappa shape index (κ3) is 5.29. The Hall–Kier alpha value is -3.75. The zero-order valence-electron chi connectivity index (χ0n) is 27.9. The Morgan fingerprint density at radius 3 is 2.24 bits per heavy atom. The minimum atomic E-state index is -1.21. The summed E-state index contributed by atoms with van der Waals surface area (Å²) < 4.78 is 7.08. The van der Waals surface area contributed by atoms with Gasteiger partial charge >= 0.3 is 0 Å². The van der Waals surface area contributed by atoms with Crippen LogP contribution in [-0.2, 0) is 25.7 Å². The average molecular weight is 628 g/mol. The maximum Gasteiger partial charge on any atom is 0.253 e. The van der Waals surface area contributed by atoms with Crippen LogP contribution in [0.4, 0.5) is 5.69 Å². The molecule has 46 heavy (non-hydrogen) atoms. The van der Waals surface area contributed by atoms with Gasteiger partial charge in [-0.1, -0.05) is 81.5 Å². The summed E-state index contributed by atoms with van der Waals surface area (Å²) in [6.07, 6.45) is 4.96. The van der Waals surface area contributed by atoms with Crippen molar-refractivity contribution in [1.82, 2.24) is 9.80 Å². The van der Waals surface area contributed by atoms with Crippen LogP contribution in [-0.4, -0.2) is 75.6 Å². The number of ether oxygens (including phenoxy) is 1. The van der Waals surface area contributed by atoms with Crippen LogP contribution < -0.4 is 4.90 Å². The highest BCUT2D eigenvalue weighted by molar-refractivity contribution is 6.06. The summed E-state index contributed by atoms with van der Waals surface area (Å²) >= 11 is 0. The second-order valence-corrected chi connectivity index (χ2v) is 13.5. The van der Waals surface area contributed by atoms with Gasteiger partial charge in [0.1, 0.15) is 11.6 Å². The molecule has 1 spiro atoms. The number of likely N-dealkylation sites (tertiary alicyclic amines) is 1. The number of nitrogens with zero attached hydrogens (tertiary/aromatic N) is 3. The molecule has 2 aromatic rings. The lowest BCUT2D eigenvalue weighted by atomic mass is 9.64. The van der Waals surface area contributed by atoms with Gasteiger partial charge < -0.3 is 24.5 Å². The van der Waals surface area contributed by atoms with Crippen LogP contribution in [0, 0.1) is 31.6 Å². The third-order valence-electron chi connectivity index (χ3n) is 10.6. The molecule has 3 amide bonds.